The zero-order valence-electron chi connectivity index (χ0n) is 13.9. The van der Waals surface area contributed by atoms with Crippen LogP contribution in [0.25, 0.3) is 0 Å². The van der Waals surface area contributed by atoms with Crippen LogP contribution in [0.2, 0.25) is 0 Å². The molecule has 0 saturated carbocycles. The Morgan fingerprint density at radius 3 is 2.39 bits per heavy atom. The van der Waals surface area contributed by atoms with Crippen LogP contribution in [0.15, 0.2) is 42.7 Å². The van der Waals surface area contributed by atoms with Crippen LogP contribution in [0, 0.1) is 0 Å². The van der Waals surface area contributed by atoms with E-state index in [0.29, 0.717) is 12.8 Å². The SMILES string of the molecule is CC(C)n1cc([C@@H](C)N[C@H](CCc2ccccc2)C(F)F)cn1. The molecule has 0 fully saturated rings. The molecule has 1 heterocycles. The number of hydrogen-bond acceptors (Lipinski definition) is 2. The molecule has 1 N–H and O–H groups in total. The van der Waals surface area contributed by atoms with Crippen LogP contribution in [0.4, 0.5) is 8.78 Å². The van der Waals surface area contributed by atoms with Crippen LogP contribution < -0.4 is 5.32 Å². The molecule has 23 heavy (non-hydrogen) atoms. The fourth-order valence-corrected chi connectivity index (χ4v) is 2.52. The Balaban J connectivity index is 1.95. The summed E-state index contributed by atoms with van der Waals surface area (Å²) < 4.78 is 28.5. The van der Waals surface area contributed by atoms with Gasteiger partial charge in [-0.2, -0.15) is 5.10 Å². The largest absolute Gasteiger partial charge is 0.302 e. The smallest absolute Gasteiger partial charge is 0.253 e. The number of alkyl halides is 2. The van der Waals surface area contributed by atoms with Gasteiger partial charge in [-0.05, 0) is 39.2 Å². The maximum absolute atomic E-state index is 13.3. The molecule has 0 aliphatic rings. The number of nitrogens with zero attached hydrogens (tertiary/aromatic N) is 2. The third-order valence-electron chi connectivity index (χ3n) is 4.01. The van der Waals surface area contributed by atoms with Gasteiger partial charge in [0.25, 0.3) is 6.43 Å². The summed E-state index contributed by atoms with van der Waals surface area (Å²) in [5.74, 6) is 0. The molecule has 0 aliphatic heterocycles. The van der Waals surface area contributed by atoms with Crippen molar-refractivity contribution in [3.63, 3.8) is 0 Å². The van der Waals surface area contributed by atoms with Crippen molar-refractivity contribution in [2.75, 3.05) is 0 Å². The average Bonchev–Trinajstić information content (AvgIpc) is 3.02. The second-order valence-electron chi connectivity index (χ2n) is 6.20. The summed E-state index contributed by atoms with van der Waals surface area (Å²) in [5.41, 5.74) is 2.02. The Bertz CT molecular complexity index is 581. The summed E-state index contributed by atoms with van der Waals surface area (Å²) in [6, 6.07) is 9.02. The van der Waals surface area contributed by atoms with Crippen LogP contribution in [-0.2, 0) is 6.42 Å². The van der Waals surface area contributed by atoms with Crippen molar-refractivity contribution in [3.8, 4) is 0 Å². The first-order valence-electron chi connectivity index (χ1n) is 8.09. The number of aryl methyl sites for hydroxylation is 1. The van der Waals surface area contributed by atoms with Crippen LogP contribution >= 0.6 is 0 Å². The van der Waals surface area contributed by atoms with E-state index in [1.165, 1.54) is 0 Å². The van der Waals surface area contributed by atoms with Gasteiger partial charge >= 0.3 is 0 Å². The minimum absolute atomic E-state index is 0.155. The second-order valence-corrected chi connectivity index (χ2v) is 6.20. The minimum Gasteiger partial charge on any atom is -0.302 e. The molecule has 0 spiro atoms. The highest BCUT2D eigenvalue weighted by molar-refractivity contribution is 5.15. The van der Waals surface area contributed by atoms with Gasteiger partial charge in [-0.1, -0.05) is 30.3 Å². The Labute approximate surface area is 136 Å². The molecule has 2 rings (SSSR count). The summed E-state index contributed by atoms with van der Waals surface area (Å²) in [4.78, 5) is 0. The van der Waals surface area contributed by atoms with E-state index in [2.05, 4.69) is 10.4 Å². The van der Waals surface area contributed by atoms with E-state index < -0.39 is 12.5 Å². The quantitative estimate of drug-likeness (QED) is 0.782. The lowest BCUT2D eigenvalue weighted by atomic mass is 10.0. The maximum atomic E-state index is 13.3. The van der Waals surface area contributed by atoms with E-state index in [9.17, 15) is 8.78 Å². The van der Waals surface area contributed by atoms with Gasteiger partial charge in [0.15, 0.2) is 0 Å². The third-order valence-corrected chi connectivity index (χ3v) is 4.01. The van der Waals surface area contributed by atoms with E-state index in [4.69, 9.17) is 0 Å². The Hall–Kier alpha value is -1.75. The molecule has 0 bridgehead atoms. The second kappa shape index (κ2) is 8.20. The minimum atomic E-state index is -2.39. The molecule has 0 aliphatic carbocycles. The van der Waals surface area contributed by atoms with Gasteiger partial charge in [-0.15, -0.1) is 0 Å². The van der Waals surface area contributed by atoms with Crippen LogP contribution in [0.3, 0.4) is 0 Å². The van der Waals surface area contributed by atoms with E-state index in [-0.39, 0.29) is 12.1 Å². The molecule has 126 valence electrons. The summed E-state index contributed by atoms with van der Waals surface area (Å²) in [6.45, 7) is 5.98. The molecule has 1 aromatic heterocycles. The lowest BCUT2D eigenvalue weighted by Crippen LogP contribution is -2.37. The molecular formula is C18H25F2N3. The Kier molecular flexibility index (Phi) is 6.28. The van der Waals surface area contributed by atoms with E-state index in [1.54, 1.807) is 6.20 Å². The van der Waals surface area contributed by atoms with Crippen molar-refractivity contribution in [2.24, 2.45) is 0 Å². The van der Waals surface area contributed by atoms with Crippen molar-refractivity contribution in [1.82, 2.24) is 15.1 Å². The topological polar surface area (TPSA) is 29.9 Å². The van der Waals surface area contributed by atoms with Gasteiger partial charge in [0.05, 0.1) is 12.2 Å². The number of halogens is 2. The van der Waals surface area contributed by atoms with Gasteiger partial charge in [0.1, 0.15) is 0 Å². The maximum Gasteiger partial charge on any atom is 0.253 e. The van der Waals surface area contributed by atoms with Gasteiger partial charge in [0.2, 0.25) is 0 Å². The van der Waals surface area contributed by atoms with Gasteiger partial charge < -0.3 is 5.32 Å². The first kappa shape index (κ1) is 17.6. The number of benzene rings is 1. The van der Waals surface area contributed by atoms with Gasteiger partial charge in [-0.25, -0.2) is 8.78 Å². The molecule has 0 saturated heterocycles. The van der Waals surface area contributed by atoms with E-state index >= 15 is 0 Å². The van der Waals surface area contributed by atoms with E-state index in [1.807, 2.05) is 62.0 Å². The third kappa shape index (κ3) is 5.13. The predicted octanol–water partition coefficient (Wildman–Crippen LogP) is 4.38. The molecule has 0 radical (unpaired) electrons. The molecule has 1 aromatic carbocycles. The summed E-state index contributed by atoms with van der Waals surface area (Å²) in [7, 11) is 0. The summed E-state index contributed by atoms with van der Waals surface area (Å²) in [6.07, 6.45) is 2.33. The first-order valence-corrected chi connectivity index (χ1v) is 8.09. The zero-order valence-corrected chi connectivity index (χ0v) is 13.9. The molecule has 2 atom stereocenters. The average molecular weight is 321 g/mol. The zero-order chi connectivity index (χ0) is 16.8. The molecular weight excluding hydrogens is 296 g/mol. The van der Waals surface area contributed by atoms with Crippen molar-refractivity contribution in [2.45, 2.75) is 58.2 Å². The first-order chi connectivity index (χ1) is 11.0. The lowest BCUT2D eigenvalue weighted by molar-refractivity contribution is 0.0888. The normalized spacial score (nSPS) is 14.4. The molecule has 5 heteroatoms. The summed E-state index contributed by atoms with van der Waals surface area (Å²) >= 11 is 0. The van der Waals surface area contributed by atoms with Crippen LogP contribution in [0.1, 0.15) is 50.4 Å². The van der Waals surface area contributed by atoms with Gasteiger partial charge in [0, 0.05) is 23.8 Å². The Morgan fingerprint density at radius 2 is 1.83 bits per heavy atom. The van der Waals surface area contributed by atoms with Crippen LogP contribution in [0.5, 0.6) is 0 Å². The highest BCUT2D eigenvalue weighted by Crippen LogP contribution is 2.18. The number of hydrogen-bond donors (Lipinski definition) is 1. The van der Waals surface area contributed by atoms with Crippen molar-refractivity contribution in [3.05, 3.63) is 53.9 Å². The standard InChI is InChI=1S/C18H25F2N3/c1-13(2)23-12-16(11-21-23)14(3)22-17(18(19)20)10-9-15-7-5-4-6-8-15/h4-8,11-14,17-18,22H,9-10H2,1-3H3/t14-,17-/m1/s1. The van der Waals surface area contributed by atoms with Gasteiger partial charge in [-0.3, -0.25) is 4.68 Å². The van der Waals surface area contributed by atoms with Crippen molar-refractivity contribution in [1.29, 1.82) is 0 Å². The predicted molar refractivity (Wildman–Crippen MR) is 88.7 cm³/mol. The van der Waals surface area contributed by atoms with Crippen molar-refractivity contribution < 1.29 is 8.78 Å². The fourth-order valence-electron chi connectivity index (χ4n) is 2.52. The highest BCUT2D eigenvalue weighted by Gasteiger charge is 2.23. The molecule has 0 unspecified atom stereocenters. The van der Waals surface area contributed by atoms with Crippen molar-refractivity contribution >= 4 is 0 Å². The number of nitrogens with one attached hydrogen (secondary N) is 1. The Morgan fingerprint density at radius 1 is 1.13 bits per heavy atom. The number of rotatable bonds is 8. The monoisotopic (exact) mass is 321 g/mol. The van der Waals surface area contributed by atoms with E-state index in [0.717, 1.165) is 11.1 Å². The number of aromatic nitrogens is 2. The fraction of sp³-hybridized carbons (Fsp3) is 0.500. The van der Waals surface area contributed by atoms with Crippen LogP contribution in [-0.4, -0.2) is 22.2 Å². The highest BCUT2D eigenvalue weighted by atomic mass is 19.3. The molecule has 2 aromatic rings. The summed E-state index contributed by atoms with van der Waals surface area (Å²) in [5, 5.41) is 7.32. The molecule has 3 nitrogen and oxygen atoms in total. The molecule has 0 amide bonds. The lowest BCUT2D eigenvalue weighted by Gasteiger charge is -2.22.